The van der Waals surface area contributed by atoms with Gasteiger partial charge < -0.3 is 21.5 Å². The Morgan fingerprint density at radius 2 is 1.60 bits per heavy atom. The molecule has 15 heavy (non-hydrogen) atoms. The van der Waals surface area contributed by atoms with Crippen molar-refractivity contribution >= 4 is 12.6 Å². The number of quaternary nitrogens is 1. The van der Waals surface area contributed by atoms with Crippen molar-refractivity contribution in [3.05, 3.63) is 0 Å². The fourth-order valence-electron chi connectivity index (χ4n) is 2.42. The second-order valence-corrected chi connectivity index (χ2v) is 4.99. The van der Waals surface area contributed by atoms with Crippen LogP contribution in [-0.4, -0.2) is 36.5 Å². The average Bonchev–Trinajstić information content (AvgIpc) is 2.67. The zero-order chi connectivity index (χ0) is 10.3. The monoisotopic (exact) mass is 296 g/mol. The molecular weight excluding hydrogens is 272 g/mol. The predicted octanol–water partition coefficient (Wildman–Crippen LogP) is -0.993. The molecule has 92 valence electrons. The molecule has 0 aromatic rings. The van der Waals surface area contributed by atoms with Crippen molar-refractivity contribution in [2.45, 2.75) is 38.5 Å². The molecule has 0 aromatic carbocycles. The van der Waals surface area contributed by atoms with Crippen LogP contribution in [0.15, 0.2) is 0 Å². The Balaban J connectivity index is 0.00000196. The lowest BCUT2D eigenvalue weighted by atomic mass is 10.2. The summed E-state index contributed by atoms with van der Waals surface area (Å²) in [5.41, 5.74) is 5.87. The average molecular weight is 297 g/mol. The summed E-state index contributed by atoms with van der Waals surface area (Å²) in [6.45, 7) is 4.81. The molecule has 0 spiro atoms. The van der Waals surface area contributed by atoms with E-state index in [-0.39, 0.29) is 17.0 Å². The van der Waals surface area contributed by atoms with E-state index < -0.39 is 0 Å². The standard InChI is InChI=1S/C11H24N2S.BrH/c12-11-13(8-4-5-9-13)7-3-1-2-6-10-14;/h1-12H2;1H. The van der Waals surface area contributed by atoms with Crippen molar-refractivity contribution in [2.75, 3.05) is 32.1 Å². The first kappa shape index (κ1) is 15.8. The van der Waals surface area contributed by atoms with E-state index in [4.69, 9.17) is 5.73 Å². The van der Waals surface area contributed by atoms with Gasteiger partial charge in [0, 0.05) is 12.8 Å². The minimum Gasteiger partial charge on any atom is -1.00 e. The van der Waals surface area contributed by atoms with Crippen LogP contribution >= 0.6 is 12.6 Å². The molecule has 1 aliphatic heterocycles. The number of thiol groups is 1. The predicted molar refractivity (Wildman–Crippen MR) is 65.5 cm³/mol. The maximum absolute atomic E-state index is 5.87. The second kappa shape index (κ2) is 8.85. The fraction of sp³-hybridized carbons (Fsp3) is 1.00. The zero-order valence-corrected chi connectivity index (χ0v) is 12.1. The molecule has 0 unspecified atom stereocenters. The smallest absolute Gasteiger partial charge is 0.130 e. The number of nitrogens with zero attached hydrogens (tertiary/aromatic N) is 1. The van der Waals surface area contributed by atoms with E-state index >= 15 is 0 Å². The lowest BCUT2D eigenvalue weighted by molar-refractivity contribution is -0.916. The largest absolute Gasteiger partial charge is 1.00 e. The Bertz CT molecular complexity index is 150. The highest BCUT2D eigenvalue weighted by molar-refractivity contribution is 7.80. The third kappa shape index (κ3) is 5.57. The summed E-state index contributed by atoms with van der Waals surface area (Å²) in [6.07, 6.45) is 8.09. The first-order chi connectivity index (χ1) is 6.83. The van der Waals surface area contributed by atoms with E-state index in [2.05, 4.69) is 12.6 Å². The number of halogens is 1. The van der Waals surface area contributed by atoms with Gasteiger partial charge in [-0.3, -0.25) is 5.73 Å². The molecule has 0 aliphatic carbocycles. The van der Waals surface area contributed by atoms with Crippen LogP contribution < -0.4 is 22.7 Å². The van der Waals surface area contributed by atoms with Crippen molar-refractivity contribution in [1.82, 2.24) is 0 Å². The quantitative estimate of drug-likeness (QED) is 0.352. The van der Waals surface area contributed by atoms with E-state index in [1.54, 1.807) is 0 Å². The van der Waals surface area contributed by atoms with Gasteiger partial charge in [0.15, 0.2) is 0 Å². The number of hydrogen-bond donors (Lipinski definition) is 2. The Labute approximate surface area is 110 Å². The van der Waals surface area contributed by atoms with Gasteiger partial charge in [-0.05, 0) is 25.0 Å². The van der Waals surface area contributed by atoms with Gasteiger partial charge in [0.05, 0.1) is 19.6 Å². The van der Waals surface area contributed by atoms with Crippen LogP contribution in [0.5, 0.6) is 0 Å². The molecule has 4 heteroatoms. The lowest BCUT2D eigenvalue weighted by Crippen LogP contribution is -3.00. The minimum absolute atomic E-state index is 0. The highest BCUT2D eigenvalue weighted by atomic mass is 79.9. The van der Waals surface area contributed by atoms with E-state index in [1.165, 1.54) is 62.6 Å². The van der Waals surface area contributed by atoms with Crippen LogP contribution in [0, 0.1) is 0 Å². The molecule has 1 saturated heterocycles. The van der Waals surface area contributed by atoms with Gasteiger partial charge in [-0.25, -0.2) is 0 Å². The van der Waals surface area contributed by atoms with Gasteiger partial charge in [-0.15, -0.1) is 0 Å². The van der Waals surface area contributed by atoms with Crippen LogP contribution in [0.2, 0.25) is 0 Å². The summed E-state index contributed by atoms with van der Waals surface area (Å²) >= 11 is 4.22. The summed E-state index contributed by atoms with van der Waals surface area (Å²) in [5.74, 6) is 1.04. The van der Waals surface area contributed by atoms with E-state index in [1.807, 2.05) is 0 Å². The Morgan fingerprint density at radius 1 is 1.00 bits per heavy atom. The molecule has 1 heterocycles. The number of unbranched alkanes of at least 4 members (excludes halogenated alkanes) is 3. The molecular formula is C11H25BrN2S. The Kier molecular flexibility index (Phi) is 9.29. The molecule has 1 aliphatic rings. The molecule has 2 nitrogen and oxygen atoms in total. The molecule has 0 aromatic heterocycles. The van der Waals surface area contributed by atoms with Crippen molar-refractivity contribution < 1.29 is 21.5 Å². The lowest BCUT2D eigenvalue weighted by Gasteiger charge is -2.32. The van der Waals surface area contributed by atoms with Crippen LogP contribution in [0.1, 0.15) is 38.5 Å². The Hall–Kier alpha value is 0.750. The number of nitrogens with two attached hydrogens (primary N) is 1. The first-order valence-electron chi connectivity index (χ1n) is 5.99. The van der Waals surface area contributed by atoms with E-state index in [9.17, 15) is 0 Å². The molecule has 2 N–H and O–H groups in total. The van der Waals surface area contributed by atoms with E-state index in [0.29, 0.717) is 0 Å². The summed E-state index contributed by atoms with van der Waals surface area (Å²) in [4.78, 5) is 0. The van der Waals surface area contributed by atoms with Crippen LogP contribution in [0.4, 0.5) is 0 Å². The van der Waals surface area contributed by atoms with Crippen molar-refractivity contribution in [3.63, 3.8) is 0 Å². The molecule has 0 radical (unpaired) electrons. The van der Waals surface area contributed by atoms with Gasteiger partial charge >= 0.3 is 0 Å². The topological polar surface area (TPSA) is 26.0 Å². The normalized spacial score (nSPS) is 18.8. The molecule has 1 fully saturated rings. The van der Waals surface area contributed by atoms with Gasteiger partial charge in [0.25, 0.3) is 0 Å². The summed E-state index contributed by atoms with van der Waals surface area (Å²) in [5, 5.41) is 0. The summed E-state index contributed by atoms with van der Waals surface area (Å²) in [7, 11) is 0. The Morgan fingerprint density at radius 3 is 2.13 bits per heavy atom. The summed E-state index contributed by atoms with van der Waals surface area (Å²) in [6, 6.07) is 0. The van der Waals surface area contributed by atoms with Gasteiger partial charge in [-0.2, -0.15) is 12.6 Å². The number of hydrogen-bond acceptors (Lipinski definition) is 2. The van der Waals surface area contributed by atoms with Crippen molar-refractivity contribution in [1.29, 1.82) is 0 Å². The third-order valence-corrected chi connectivity index (χ3v) is 3.76. The first-order valence-corrected chi connectivity index (χ1v) is 6.62. The summed E-state index contributed by atoms with van der Waals surface area (Å²) < 4.78 is 1.20. The van der Waals surface area contributed by atoms with Crippen LogP contribution in [0.25, 0.3) is 0 Å². The number of likely N-dealkylation sites (tertiary alicyclic amines) is 1. The van der Waals surface area contributed by atoms with Gasteiger partial charge in [0.1, 0.15) is 6.67 Å². The second-order valence-electron chi connectivity index (χ2n) is 4.54. The highest BCUT2D eigenvalue weighted by Gasteiger charge is 2.29. The maximum atomic E-state index is 5.87. The SMILES string of the molecule is NC[N+]1(CCCCCCS)CCCC1.[Br-]. The van der Waals surface area contributed by atoms with Crippen LogP contribution in [0.3, 0.4) is 0 Å². The molecule has 0 saturated carbocycles. The minimum atomic E-state index is 0. The third-order valence-electron chi connectivity index (χ3n) is 3.44. The van der Waals surface area contributed by atoms with Crippen molar-refractivity contribution in [2.24, 2.45) is 5.73 Å². The highest BCUT2D eigenvalue weighted by Crippen LogP contribution is 2.19. The fourth-order valence-corrected chi connectivity index (χ4v) is 2.64. The molecule has 1 rings (SSSR count). The van der Waals surface area contributed by atoms with Crippen molar-refractivity contribution in [3.8, 4) is 0 Å². The molecule has 0 bridgehead atoms. The van der Waals surface area contributed by atoms with Gasteiger partial charge in [-0.1, -0.05) is 6.42 Å². The van der Waals surface area contributed by atoms with E-state index in [0.717, 1.165) is 12.4 Å². The number of rotatable bonds is 7. The molecule has 0 atom stereocenters. The van der Waals surface area contributed by atoms with Gasteiger partial charge in [0.2, 0.25) is 0 Å². The molecule has 0 amide bonds. The zero-order valence-electron chi connectivity index (χ0n) is 9.63. The maximum Gasteiger partial charge on any atom is 0.130 e. The van der Waals surface area contributed by atoms with Crippen LogP contribution in [-0.2, 0) is 0 Å².